The van der Waals surface area contributed by atoms with Crippen molar-refractivity contribution in [3.8, 4) is 0 Å². The number of carbonyl (C=O) groups excluding carboxylic acids is 1. The predicted molar refractivity (Wildman–Crippen MR) is 90.1 cm³/mol. The van der Waals surface area contributed by atoms with Crippen molar-refractivity contribution < 1.29 is 4.79 Å². The van der Waals surface area contributed by atoms with E-state index < -0.39 is 0 Å². The van der Waals surface area contributed by atoms with E-state index in [1.165, 1.54) is 25.8 Å². The number of hydrogen-bond acceptors (Lipinski definition) is 3. The summed E-state index contributed by atoms with van der Waals surface area (Å²) in [5.41, 5.74) is 2.10. The van der Waals surface area contributed by atoms with Gasteiger partial charge in [-0.15, -0.1) is 0 Å². The second-order valence-corrected chi connectivity index (χ2v) is 6.70. The van der Waals surface area contributed by atoms with Crippen LogP contribution in [0.15, 0.2) is 30.6 Å². The van der Waals surface area contributed by atoms with Crippen LogP contribution in [0.2, 0.25) is 0 Å². The Hall–Kier alpha value is -1.88. The molecule has 2 aliphatic rings. The third-order valence-electron chi connectivity index (χ3n) is 5.28. The van der Waals surface area contributed by atoms with Crippen molar-refractivity contribution in [3.05, 3.63) is 30.6 Å². The van der Waals surface area contributed by atoms with Crippen molar-refractivity contribution in [1.82, 2.24) is 19.4 Å². The van der Waals surface area contributed by atoms with E-state index in [0.29, 0.717) is 19.0 Å². The van der Waals surface area contributed by atoms with Crippen molar-refractivity contribution in [2.24, 2.45) is 0 Å². The lowest BCUT2D eigenvalue weighted by Crippen LogP contribution is -2.56. The van der Waals surface area contributed by atoms with Crippen LogP contribution >= 0.6 is 0 Å². The van der Waals surface area contributed by atoms with Crippen LogP contribution in [-0.4, -0.2) is 57.5 Å². The lowest BCUT2D eigenvalue weighted by atomic mass is 9.99. The fraction of sp³-hybridized carbons (Fsp3) is 0.556. The summed E-state index contributed by atoms with van der Waals surface area (Å²) in [5, 5.41) is 0. The Morgan fingerprint density at radius 1 is 1.17 bits per heavy atom. The predicted octanol–water partition coefficient (Wildman–Crippen LogP) is 2.12. The van der Waals surface area contributed by atoms with E-state index in [1.807, 2.05) is 24.5 Å². The van der Waals surface area contributed by atoms with E-state index >= 15 is 0 Å². The molecule has 0 aliphatic carbocycles. The molecule has 2 saturated heterocycles. The lowest BCUT2D eigenvalue weighted by Gasteiger charge is -2.44. The summed E-state index contributed by atoms with van der Waals surface area (Å²) in [7, 11) is 0. The lowest BCUT2D eigenvalue weighted by molar-refractivity contribution is -0.135. The van der Waals surface area contributed by atoms with Gasteiger partial charge in [0.2, 0.25) is 5.91 Å². The number of aryl methyl sites for hydroxylation is 1. The highest BCUT2D eigenvalue weighted by molar-refractivity contribution is 5.77. The first-order valence-electron chi connectivity index (χ1n) is 8.73. The van der Waals surface area contributed by atoms with Gasteiger partial charge in [-0.25, -0.2) is 4.98 Å². The van der Waals surface area contributed by atoms with Crippen LogP contribution in [0.3, 0.4) is 0 Å². The molecule has 1 aromatic carbocycles. The summed E-state index contributed by atoms with van der Waals surface area (Å²) in [6.07, 6.45) is 6.28. The molecule has 3 heterocycles. The average Bonchev–Trinajstić information content (AvgIpc) is 3.02. The normalized spacial score (nSPS) is 22.3. The minimum absolute atomic E-state index is 0.285. The average molecular weight is 312 g/mol. The second kappa shape index (κ2) is 6.32. The number of piperazine rings is 1. The molecule has 2 aromatic rings. The molecule has 1 aromatic heterocycles. The van der Waals surface area contributed by atoms with Crippen LogP contribution in [0.1, 0.15) is 25.7 Å². The quantitative estimate of drug-likeness (QED) is 0.872. The molecule has 0 bridgehead atoms. The van der Waals surface area contributed by atoms with E-state index in [-0.39, 0.29) is 5.91 Å². The highest BCUT2D eigenvalue weighted by Crippen LogP contribution is 2.21. The van der Waals surface area contributed by atoms with Crippen LogP contribution in [-0.2, 0) is 11.3 Å². The maximum atomic E-state index is 12.6. The maximum Gasteiger partial charge on any atom is 0.224 e. The first-order valence-corrected chi connectivity index (χ1v) is 8.73. The first-order chi connectivity index (χ1) is 11.3. The number of carbonyl (C=O) groups is 1. The molecule has 4 rings (SSSR count). The molecule has 2 aliphatic heterocycles. The summed E-state index contributed by atoms with van der Waals surface area (Å²) in [4.78, 5) is 21.6. The van der Waals surface area contributed by atoms with Gasteiger partial charge in [0.25, 0.3) is 0 Å². The number of rotatable bonds is 3. The van der Waals surface area contributed by atoms with Crippen molar-refractivity contribution in [1.29, 1.82) is 0 Å². The maximum absolute atomic E-state index is 12.6. The summed E-state index contributed by atoms with van der Waals surface area (Å²) < 4.78 is 2.09. The van der Waals surface area contributed by atoms with Crippen LogP contribution in [0.25, 0.3) is 11.0 Å². The van der Waals surface area contributed by atoms with Crippen LogP contribution in [0, 0.1) is 0 Å². The number of aromatic nitrogens is 2. The molecule has 2 fully saturated rings. The van der Waals surface area contributed by atoms with Gasteiger partial charge in [-0.3, -0.25) is 9.69 Å². The minimum atomic E-state index is 0.285. The van der Waals surface area contributed by atoms with Crippen LogP contribution in [0.4, 0.5) is 0 Å². The zero-order valence-electron chi connectivity index (χ0n) is 13.5. The van der Waals surface area contributed by atoms with Crippen molar-refractivity contribution in [2.75, 3.05) is 26.2 Å². The number of amides is 1. The zero-order chi connectivity index (χ0) is 15.6. The van der Waals surface area contributed by atoms with Gasteiger partial charge >= 0.3 is 0 Å². The standard InChI is InChI=1S/C18H24N4O/c23-18(21-12-11-20-9-4-3-5-15(20)13-21)8-10-22-14-19-16-6-1-2-7-17(16)22/h1-2,6-7,14-15H,3-5,8-13H2/t15-/m0/s1. The second-order valence-electron chi connectivity index (χ2n) is 6.70. The molecule has 0 unspecified atom stereocenters. The SMILES string of the molecule is O=C(CCn1cnc2ccccc21)N1CCN2CCCC[C@H]2C1. The van der Waals surface area contributed by atoms with Gasteiger partial charge in [-0.1, -0.05) is 18.6 Å². The molecule has 1 amide bonds. The van der Waals surface area contributed by atoms with Crippen LogP contribution in [0.5, 0.6) is 0 Å². The number of benzene rings is 1. The van der Waals surface area contributed by atoms with E-state index in [0.717, 1.165) is 30.7 Å². The van der Waals surface area contributed by atoms with Gasteiger partial charge in [0.1, 0.15) is 0 Å². The molecular formula is C18H24N4O. The number of piperidine rings is 1. The van der Waals surface area contributed by atoms with Gasteiger partial charge < -0.3 is 9.47 Å². The van der Waals surface area contributed by atoms with Crippen molar-refractivity contribution >= 4 is 16.9 Å². The Kier molecular flexibility index (Phi) is 4.04. The number of nitrogens with zero attached hydrogens (tertiary/aromatic N) is 4. The van der Waals surface area contributed by atoms with Crippen molar-refractivity contribution in [2.45, 2.75) is 38.3 Å². The fourth-order valence-corrected chi connectivity index (χ4v) is 3.95. The Morgan fingerprint density at radius 2 is 2.09 bits per heavy atom. The summed E-state index contributed by atoms with van der Waals surface area (Å²) in [6.45, 7) is 4.78. The Balaban J connectivity index is 1.36. The van der Waals surface area contributed by atoms with Gasteiger partial charge in [-0.05, 0) is 31.5 Å². The summed E-state index contributed by atoms with van der Waals surface area (Å²) in [6, 6.07) is 8.68. The smallest absolute Gasteiger partial charge is 0.224 e. The zero-order valence-corrected chi connectivity index (χ0v) is 13.5. The number of fused-ring (bicyclic) bond motifs is 2. The third-order valence-corrected chi connectivity index (χ3v) is 5.28. The molecule has 0 spiro atoms. The van der Waals surface area contributed by atoms with Gasteiger partial charge in [-0.2, -0.15) is 0 Å². The van der Waals surface area contributed by atoms with E-state index in [4.69, 9.17) is 0 Å². The molecule has 23 heavy (non-hydrogen) atoms. The van der Waals surface area contributed by atoms with Gasteiger partial charge in [0.05, 0.1) is 17.4 Å². The fourth-order valence-electron chi connectivity index (χ4n) is 3.95. The summed E-state index contributed by atoms with van der Waals surface area (Å²) >= 11 is 0. The number of hydrogen-bond donors (Lipinski definition) is 0. The van der Waals surface area contributed by atoms with Crippen LogP contribution < -0.4 is 0 Å². The molecular weight excluding hydrogens is 288 g/mol. The number of para-hydroxylation sites is 2. The Bertz CT molecular complexity index is 695. The third kappa shape index (κ3) is 2.98. The van der Waals surface area contributed by atoms with Gasteiger partial charge in [0.15, 0.2) is 0 Å². The topological polar surface area (TPSA) is 41.4 Å². The minimum Gasteiger partial charge on any atom is -0.340 e. The first kappa shape index (κ1) is 14.7. The molecule has 5 nitrogen and oxygen atoms in total. The van der Waals surface area contributed by atoms with E-state index in [2.05, 4.69) is 25.4 Å². The Morgan fingerprint density at radius 3 is 3.04 bits per heavy atom. The molecule has 0 saturated carbocycles. The van der Waals surface area contributed by atoms with E-state index in [1.54, 1.807) is 0 Å². The molecule has 0 radical (unpaired) electrons. The van der Waals surface area contributed by atoms with Gasteiger partial charge in [0, 0.05) is 38.6 Å². The molecule has 1 atom stereocenters. The Labute approximate surface area is 136 Å². The summed E-state index contributed by atoms with van der Waals surface area (Å²) in [5.74, 6) is 0.285. The highest BCUT2D eigenvalue weighted by atomic mass is 16.2. The van der Waals surface area contributed by atoms with Crippen molar-refractivity contribution in [3.63, 3.8) is 0 Å². The molecule has 122 valence electrons. The van der Waals surface area contributed by atoms with E-state index in [9.17, 15) is 4.79 Å². The highest BCUT2D eigenvalue weighted by Gasteiger charge is 2.30. The monoisotopic (exact) mass is 312 g/mol. The molecule has 0 N–H and O–H groups in total. The molecule has 5 heteroatoms. The largest absolute Gasteiger partial charge is 0.340 e. The number of imidazole rings is 1.